The van der Waals surface area contributed by atoms with E-state index in [4.69, 9.17) is 4.74 Å². The lowest BCUT2D eigenvalue weighted by atomic mass is 10.0. The van der Waals surface area contributed by atoms with E-state index in [9.17, 15) is 5.11 Å². The summed E-state index contributed by atoms with van der Waals surface area (Å²) >= 11 is 0. The molecule has 2 heterocycles. The minimum absolute atomic E-state index is 0.0698. The van der Waals surface area contributed by atoms with E-state index in [1.807, 2.05) is 24.5 Å². The highest BCUT2D eigenvalue weighted by atomic mass is 16.5. The average Bonchev–Trinajstić information content (AvgIpc) is 2.58. The second kappa shape index (κ2) is 7.01. The van der Waals surface area contributed by atoms with Crippen molar-refractivity contribution in [3.63, 3.8) is 0 Å². The van der Waals surface area contributed by atoms with Crippen molar-refractivity contribution < 1.29 is 9.84 Å². The van der Waals surface area contributed by atoms with Gasteiger partial charge in [-0.2, -0.15) is 0 Å². The van der Waals surface area contributed by atoms with E-state index < -0.39 is 0 Å². The lowest BCUT2D eigenvalue weighted by molar-refractivity contribution is -0.0805. The number of aliphatic hydroxyl groups is 1. The summed E-state index contributed by atoms with van der Waals surface area (Å²) in [5, 5.41) is 9.30. The fraction of sp³-hybridized carbons (Fsp3) is 0.389. The summed E-state index contributed by atoms with van der Waals surface area (Å²) < 4.78 is 5.60. The van der Waals surface area contributed by atoms with Gasteiger partial charge >= 0.3 is 0 Å². The molecule has 1 N–H and O–H groups in total. The maximum atomic E-state index is 9.30. The molecule has 0 radical (unpaired) electrons. The van der Waals surface area contributed by atoms with Crippen molar-refractivity contribution in [2.45, 2.75) is 25.6 Å². The number of hydrogen-bond acceptors (Lipinski definition) is 4. The van der Waals surface area contributed by atoms with Crippen LogP contribution in [0.1, 0.15) is 12.5 Å². The molecule has 1 aromatic carbocycles. The van der Waals surface area contributed by atoms with Gasteiger partial charge in [-0.15, -0.1) is 0 Å². The van der Waals surface area contributed by atoms with Crippen molar-refractivity contribution in [1.29, 1.82) is 0 Å². The normalized spacial score (nSPS) is 22.6. The number of nitrogens with zero attached hydrogens (tertiary/aromatic N) is 2. The Balaban J connectivity index is 1.75. The van der Waals surface area contributed by atoms with Gasteiger partial charge in [0.2, 0.25) is 0 Å². The van der Waals surface area contributed by atoms with Gasteiger partial charge in [0.1, 0.15) is 0 Å². The highest BCUT2D eigenvalue weighted by molar-refractivity contribution is 5.63. The smallest absolute Gasteiger partial charge is 0.0933 e. The molecule has 1 saturated heterocycles. The Kier molecular flexibility index (Phi) is 4.83. The molecule has 0 amide bonds. The summed E-state index contributed by atoms with van der Waals surface area (Å²) in [6.07, 6.45) is 3.56. The first-order chi connectivity index (χ1) is 10.8. The Labute approximate surface area is 131 Å². The van der Waals surface area contributed by atoms with Crippen LogP contribution >= 0.6 is 0 Å². The molecular weight excluding hydrogens is 276 g/mol. The summed E-state index contributed by atoms with van der Waals surface area (Å²) in [6, 6.07) is 13.0. The Morgan fingerprint density at radius 2 is 2.05 bits per heavy atom. The Morgan fingerprint density at radius 3 is 2.82 bits per heavy atom. The molecule has 4 nitrogen and oxygen atoms in total. The van der Waals surface area contributed by atoms with Gasteiger partial charge in [-0.1, -0.05) is 18.2 Å². The predicted molar refractivity (Wildman–Crippen MR) is 86.4 cm³/mol. The van der Waals surface area contributed by atoms with Crippen molar-refractivity contribution in [3.05, 3.63) is 54.4 Å². The van der Waals surface area contributed by atoms with Gasteiger partial charge in [0.05, 0.1) is 19.3 Å². The summed E-state index contributed by atoms with van der Waals surface area (Å²) in [6.45, 7) is 4.58. The number of benzene rings is 1. The highest BCUT2D eigenvalue weighted by Gasteiger charge is 2.25. The van der Waals surface area contributed by atoms with Crippen molar-refractivity contribution in [3.8, 4) is 11.1 Å². The minimum atomic E-state index is -0.0698. The van der Waals surface area contributed by atoms with Crippen LogP contribution < -0.4 is 0 Å². The summed E-state index contributed by atoms with van der Waals surface area (Å²) in [4.78, 5) is 6.44. The maximum absolute atomic E-state index is 9.30. The lowest BCUT2D eigenvalue weighted by Crippen LogP contribution is -2.48. The molecule has 1 fully saturated rings. The standard InChI is InChI=1S/C18H22N2O2/c1-14-13-22-18(12-21)11-20(14)10-15-3-2-4-17(9-15)16-5-7-19-8-6-16/h2-9,14,18,21H,10-13H2,1H3. The molecule has 1 aliphatic heterocycles. The molecule has 0 saturated carbocycles. The third kappa shape index (κ3) is 3.53. The lowest BCUT2D eigenvalue weighted by Gasteiger charge is -2.37. The van der Waals surface area contributed by atoms with Gasteiger partial charge in [0, 0.05) is 31.5 Å². The number of pyridine rings is 1. The van der Waals surface area contributed by atoms with Crippen LogP contribution in [0.4, 0.5) is 0 Å². The highest BCUT2D eigenvalue weighted by Crippen LogP contribution is 2.22. The third-order valence-corrected chi connectivity index (χ3v) is 4.16. The van der Waals surface area contributed by atoms with Gasteiger partial charge < -0.3 is 9.84 Å². The zero-order chi connectivity index (χ0) is 15.4. The molecule has 3 rings (SSSR count). The number of aliphatic hydroxyl groups excluding tert-OH is 1. The van der Waals surface area contributed by atoms with Crippen molar-refractivity contribution >= 4 is 0 Å². The number of hydrogen-bond donors (Lipinski definition) is 1. The number of morpholine rings is 1. The third-order valence-electron chi connectivity index (χ3n) is 4.16. The van der Waals surface area contributed by atoms with E-state index in [1.165, 1.54) is 16.7 Å². The molecule has 116 valence electrons. The molecule has 0 aliphatic carbocycles. The Bertz CT molecular complexity index is 603. The first-order valence-corrected chi connectivity index (χ1v) is 7.72. The van der Waals surface area contributed by atoms with E-state index in [0.29, 0.717) is 12.6 Å². The molecule has 0 bridgehead atoms. The van der Waals surface area contributed by atoms with Gasteiger partial charge in [-0.3, -0.25) is 9.88 Å². The van der Waals surface area contributed by atoms with Crippen molar-refractivity contribution in [2.24, 2.45) is 0 Å². The number of rotatable bonds is 4. The topological polar surface area (TPSA) is 45.6 Å². The van der Waals surface area contributed by atoms with Crippen LogP contribution in [0.5, 0.6) is 0 Å². The van der Waals surface area contributed by atoms with Crippen LogP contribution in [0.25, 0.3) is 11.1 Å². The van der Waals surface area contributed by atoms with E-state index in [0.717, 1.165) is 13.1 Å². The fourth-order valence-electron chi connectivity index (χ4n) is 2.83. The van der Waals surface area contributed by atoms with E-state index in [2.05, 4.69) is 41.1 Å². The van der Waals surface area contributed by atoms with Gasteiger partial charge in [0.15, 0.2) is 0 Å². The molecule has 0 spiro atoms. The second-order valence-corrected chi connectivity index (χ2v) is 5.85. The fourth-order valence-corrected chi connectivity index (χ4v) is 2.83. The van der Waals surface area contributed by atoms with Crippen LogP contribution in [0.3, 0.4) is 0 Å². The quantitative estimate of drug-likeness (QED) is 0.941. The van der Waals surface area contributed by atoms with E-state index >= 15 is 0 Å². The molecule has 1 aromatic heterocycles. The first kappa shape index (κ1) is 15.2. The van der Waals surface area contributed by atoms with Crippen molar-refractivity contribution in [1.82, 2.24) is 9.88 Å². The van der Waals surface area contributed by atoms with Crippen LogP contribution in [0.2, 0.25) is 0 Å². The second-order valence-electron chi connectivity index (χ2n) is 5.85. The molecule has 2 unspecified atom stereocenters. The van der Waals surface area contributed by atoms with Gasteiger partial charge in [0.25, 0.3) is 0 Å². The summed E-state index contributed by atoms with van der Waals surface area (Å²) in [7, 11) is 0. The molecule has 4 heteroatoms. The zero-order valence-electron chi connectivity index (χ0n) is 12.9. The minimum Gasteiger partial charge on any atom is -0.394 e. The molecule has 2 aromatic rings. The number of aromatic nitrogens is 1. The van der Waals surface area contributed by atoms with E-state index in [1.54, 1.807) is 0 Å². The average molecular weight is 298 g/mol. The largest absolute Gasteiger partial charge is 0.394 e. The molecule has 2 atom stereocenters. The monoisotopic (exact) mass is 298 g/mol. The van der Waals surface area contributed by atoms with Crippen LogP contribution in [0.15, 0.2) is 48.8 Å². The van der Waals surface area contributed by atoms with Gasteiger partial charge in [-0.05, 0) is 41.8 Å². The van der Waals surface area contributed by atoms with Gasteiger partial charge in [-0.25, -0.2) is 0 Å². The Morgan fingerprint density at radius 1 is 1.23 bits per heavy atom. The SMILES string of the molecule is CC1COC(CO)CN1Cc1cccc(-c2ccncc2)c1. The van der Waals surface area contributed by atoms with Crippen LogP contribution in [-0.2, 0) is 11.3 Å². The van der Waals surface area contributed by atoms with Crippen LogP contribution in [0, 0.1) is 0 Å². The van der Waals surface area contributed by atoms with E-state index in [-0.39, 0.29) is 12.7 Å². The molecule has 22 heavy (non-hydrogen) atoms. The Hall–Kier alpha value is -1.75. The van der Waals surface area contributed by atoms with Crippen molar-refractivity contribution in [2.75, 3.05) is 19.8 Å². The predicted octanol–water partition coefficient (Wildman–Crippen LogP) is 2.33. The molecule has 1 aliphatic rings. The summed E-state index contributed by atoms with van der Waals surface area (Å²) in [5.74, 6) is 0. The number of ether oxygens (including phenoxy) is 1. The van der Waals surface area contributed by atoms with Crippen LogP contribution in [-0.4, -0.2) is 46.9 Å². The summed E-state index contributed by atoms with van der Waals surface area (Å²) in [5.41, 5.74) is 3.67. The first-order valence-electron chi connectivity index (χ1n) is 7.72. The maximum Gasteiger partial charge on any atom is 0.0933 e. The zero-order valence-corrected chi connectivity index (χ0v) is 12.9. The molecular formula is C18H22N2O2.